The van der Waals surface area contributed by atoms with Crippen LogP contribution in [0, 0.1) is 0 Å². The van der Waals surface area contributed by atoms with Gasteiger partial charge in [0.2, 0.25) is 0 Å². The van der Waals surface area contributed by atoms with Gasteiger partial charge in [0.15, 0.2) is 0 Å². The first-order valence-electron chi connectivity index (χ1n) is 17.4. The predicted molar refractivity (Wildman–Crippen MR) is 222 cm³/mol. The minimum absolute atomic E-state index is 0.429. The van der Waals surface area contributed by atoms with Gasteiger partial charge in [0.1, 0.15) is 17.8 Å². The largest absolute Gasteiger partial charge is 0.455 e. The van der Waals surface area contributed by atoms with E-state index in [-0.39, 0.29) is 0 Å². The third-order valence-corrected chi connectivity index (χ3v) is 11.8. The van der Waals surface area contributed by atoms with E-state index in [4.69, 9.17) is 9.41 Å². The number of rotatable bonds is 4. The Morgan fingerprint density at radius 3 is 2.35 bits per heavy atom. The molecule has 0 atom stereocenters. The van der Waals surface area contributed by atoms with Crippen LogP contribution in [0.3, 0.4) is 0 Å². The molecular weight excluding hydrogens is 655 g/mol. The lowest BCUT2D eigenvalue weighted by atomic mass is 9.89. The zero-order valence-corrected chi connectivity index (χ0v) is 28.8. The maximum absolute atomic E-state index is 6.47. The molecule has 4 nitrogen and oxygen atoms in total. The van der Waals surface area contributed by atoms with Gasteiger partial charge in [-0.05, 0) is 60.1 Å². The fourth-order valence-corrected chi connectivity index (χ4v) is 9.44. The number of hydrogen-bond acceptors (Lipinski definition) is 4. The van der Waals surface area contributed by atoms with E-state index in [2.05, 4.69) is 150 Å². The maximum Gasteiger partial charge on any atom is 0.144 e. The van der Waals surface area contributed by atoms with E-state index < -0.39 is 0 Å². The Kier molecular flexibility index (Phi) is 6.30. The first-order chi connectivity index (χ1) is 25.7. The topological polar surface area (TPSA) is 42.8 Å². The number of hydrogen-bond donors (Lipinski definition) is 0. The molecule has 0 spiro atoms. The van der Waals surface area contributed by atoms with Crippen LogP contribution < -0.4 is 0 Å². The lowest BCUT2D eigenvalue weighted by Crippen LogP contribution is -2.13. The van der Waals surface area contributed by atoms with Gasteiger partial charge in [-0.3, -0.25) is 9.98 Å². The molecule has 0 fully saturated rings. The van der Waals surface area contributed by atoms with Gasteiger partial charge < -0.3 is 8.98 Å². The van der Waals surface area contributed by atoms with E-state index >= 15 is 0 Å². The Morgan fingerprint density at radius 2 is 1.42 bits per heavy atom. The van der Waals surface area contributed by atoms with Crippen LogP contribution in [0.2, 0.25) is 0 Å². The molecule has 0 amide bonds. The molecule has 3 heterocycles. The normalized spacial score (nSPS) is 14.9. The van der Waals surface area contributed by atoms with Gasteiger partial charge in [0.25, 0.3) is 0 Å². The van der Waals surface area contributed by atoms with Crippen molar-refractivity contribution in [2.24, 2.45) is 9.98 Å². The smallest absolute Gasteiger partial charge is 0.144 e. The number of aromatic nitrogens is 1. The van der Waals surface area contributed by atoms with E-state index in [0.29, 0.717) is 6.67 Å². The minimum atomic E-state index is 0.429. The van der Waals surface area contributed by atoms with Gasteiger partial charge in [0.05, 0.1) is 22.4 Å². The van der Waals surface area contributed by atoms with Crippen molar-refractivity contribution in [2.75, 3.05) is 0 Å². The van der Waals surface area contributed by atoms with Gasteiger partial charge in [0, 0.05) is 63.8 Å². The molecule has 10 aromatic rings. The maximum atomic E-state index is 6.47. The summed E-state index contributed by atoms with van der Waals surface area (Å²) in [6, 6.07) is 49.5. The van der Waals surface area contributed by atoms with Gasteiger partial charge in [-0.25, -0.2) is 0 Å². The second-order valence-corrected chi connectivity index (χ2v) is 14.4. The molecule has 0 aliphatic heterocycles. The van der Waals surface area contributed by atoms with Gasteiger partial charge in [-0.1, -0.05) is 109 Å². The van der Waals surface area contributed by atoms with E-state index in [9.17, 15) is 0 Å². The first-order valence-corrected chi connectivity index (χ1v) is 18.3. The summed E-state index contributed by atoms with van der Waals surface area (Å²) >= 11 is 1.87. The monoisotopic (exact) mass is 683 g/mol. The van der Waals surface area contributed by atoms with Gasteiger partial charge >= 0.3 is 0 Å². The number of nitrogens with zero attached hydrogens (tertiary/aromatic N) is 3. The predicted octanol–water partition coefficient (Wildman–Crippen LogP) is 12.8. The molecule has 5 heteroatoms. The summed E-state index contributed by atoms with van der Waals surface area (Å²) in [6.45, 7) is 4.51. The summed E-state index contributed by atoms with van der Waals surface area (Å²) in [4.78, 5) is 10.2. The molecule has 1 aliphatic carbocycles. The first kappa shape index (κ1) is 29.2. The molecule has 0 saturated heterocycles. The number of thiophene rings is 1. The Hall–Kier alpha value is -6.56. The fraction of sp³-hybridized carbons (Fsp3) is 0.0213. The molecule has 11 rings (SSSR count). The molecule has 0 radical (unpaired) electrons. The highest BCUT2D eigenvalue weighted by atomic mass is 32.1. The standard InChI is InChI=1S/C47H29N3OS/c1-48-44(37-17-10-16-34-32-14-5-8-19-42(32)51-46(34)37)36-24-21-28-11-2-3-12-30(28)45(36)49-27-50-40-18-7-4-13-31(40)39-25-29-22-23-35-33-15-6-9-20-43(33)52-47(35)38(29)26-41(39)50/h2-26H,1,27H2/b44-36-,49-45-. The summed E-state index contributed by atoms with van der Waals surface area (Å²) in [5.41, 5.74) is 9.60. The second-order valence-electron chi connectivity index (χ2n) is 13.3. The van der Waals surface area contributed by atoms with Crippen molar-refractivity contribution in [3.05, 3.63) is 168 Å². The van der Waals surface area contributed by atoms with E-state index in [0.717, 1.165) is 61.1 Å². The molecule has 7 aromatic carbocycles. The van der Waals surface area contributed by atoms with Crippen molar-refractivity contribution in [1.29, 1.82) is 0 Å². The highest BCUT2D eigenvalue weighted by molar-refractivity contribution is 7.26. The minimum Gasteiger partial charge on any atom is -0.455 e. The number of furan rings is 1. The summed E-state index contributed by atoms with van der Waals surface area (Å²) in [6.07, 6.45) is 4.28. The number of fused-ring (bicyclic) bond motifs is 12. The lowest BCUT2D eigenvalue weighted by Gasteiger charge is -2.19. The van der Waals surface area contributed by atoms with Crippen LogP contribution in [-0.4, -0.2) is 17.0 Å². The van der Waals surface area contributed by atoms with Crippen molar-refractivity contribution < 1.29 is 4.42 Å². The Morgan fingerprint density at radius 1 is 0.635 bits per heavy atom. The molecule has 1 aliphatic rings. The van der Waals surface area contributed by atoms with Crippen molar-refractivity contribution in [2.45, 2.75) is 6.67 Å². The Bertz CT molecular complexity index is 3240. The molecule has 0 N–H and O–H groups in total. The third-order valence-electron chi connectivity index (χ3n) is 10.6. The van der Waals surface area contributed by atoms with Crippen molar-refractivity contribution in [1.82, 2.24) is 4.57 Å². The van der Waals surface area contributed by atoms with Crippen molar-refractivity contribution in [3.63, 3.8) is 0 Å². The van der Waals surface area contributed by atoms with Crippen LogP contribution in [0.5, 0.6) is 0 Å². The molecule has 0 unspecified atom stereocenters. The molecule has 244 valence electrons. The average molecular weight is 684 g/mol. The summed E-state index contributed by atoms with van der Waals surface area (Å²) < 4.78 is 11.5. The SMILES string of the molecule is C=N/C(=C1/C=Cc2ccccc2/C1=N/Cn1c2ccccc2c2cc3ccc4c5ccccc5sc4c3cc21)c1cccc2c1oc1ccccc12. The summed E-state index contributed by atoms with van der Waals surface area (Å²) in [5, 5.41) is 9.72. The molecule has 3 aromatic heterocycles. The molecular formula is C47H29N3OS. The van der Waals surface area contributed by atoms with Crippen molar-refractivity contribution in [3.8, 4) is 0 Å². The van der Waals surface area contributed by atoms with Crippen LogP contribution in [0.15, 0.2) is 166 Å². The third kappa shape index (κ3) is 4.20. The van der Waals surface area contributed by atoms with Crippen LogP contribution in [0.4, 0.5) is 0 Å². The van der Waals surface area contributed by atoms with E-state index in [1.807, 2.05) is 29.5 Å². The van der Waals surface area contributed by atoms with Crippen LogP contribution in [0.1, 0.15) is 16.7 Å². The summed E-state index contributed by atoms with van der Waals surface area (Å²) in [7, 11) is 0. The Balaban J connectivity index is 1.15. The zero-order valence-electron chi connectivity index (χ0n) is 28.0. The lowest BCUT2D eigenvalue weighted by molar-refractivity contribution is 0.667. The van der Waals surface area contributed by atoms with Crippen LogP contribution >= 0.6 is 11.3 Å². The highest BCUT2D eigenvalue weighted by Crippen LogP contribution is 2.42. The molecule has 0 saturated carbocycles. The second kappa shape index (κ2) is 11.2. The Labute approximate surface area is 302 Å². The van der Waals surface area contributed by atoms with Gasteiger partial charge in [-0.15, -0.1) is 11.3 Å². The van der Waals surface area contributed by atoms with Crippen LogP contribution in [-0.2, 0) is 6.67 Å². The average Bonchev–Trinajstić information content (AvgIpc) is 3.87. The van der Waals surface area contributed by atoms with Gasteiger partial charge in [-0.2, -0.15) is 0 Å². The van der Waals surface area contributed by atoms with E-state index in [1.165, 1.54) is 47.2 Å². The van der Waals surface area contributed by atoms with E-state index in [1.54, 1.807) is 0 Å². The zero-order chi connectivity index (χ0) is 34.3. The number of aliphatic imine (C=N–C) groups is 2. The molecule has 0 bridgehead atoms. The quantitative estimate of drug-likeness (QED) is 0.170. The van der Waals surface area contributed by atoms with Crippen LogP contribution in [0.25, 0.3) is 86.5 Å². The number of para-hydroxylation sites is 3. The number of allylic oxidation sites excluding steroid dienone is 2. The molecule has 52 heavy (non-hydrogen) atoms. The fourth-order valence-electron chi connectivity index (χ4n) is 8.21. The van der Waals surface area contributed by atoms with Crippen molar-refractivity contribution >= 4 is 110 Å². The number of benzene rings is 7. The highest BCUT2D eigenvalue weighted by Gasteiger charge is 2.23. The summed E-state index contributed by atoms with van der Waals surface area (Å²) in [5.74, 6) is 0.